The van der Waals surface area contributed by atoms with E-state index in [1.54, 1.807) is 11.3 Å². The lowest BCUT2D eigenvalue weighted by Gasteiger charge is -2.42. The lowest BCUT2D eigenvalue weighted by molar-refractivity contribution is 0.167. The van der Waals surface area contributed by atoms with Crippen molar-refractivity contribution in [1.29, 1.82) is 0 Å². The first-order valence-electron chi connectivity index (χ1n) is 13.1. The van der Waals surface area contributed by atoms with Gasteiger partial charge in [-0.3, -0.25) is 9.45 Å². The number of hydrogen-bond donors (Lipinski definition) is 1. The van der Waals surface area contributed by atoms with Gasteiger partial charge in [0.25, 0.3) is 0 Å². The van der Waals surface area contributed by atoms with E-state index in [0.29, 0.717) is 6.54 Å². The zero-order valence-electron chi connectivity index (χ0n) is 20.5. The molecule has 1 unspecified atom stereocenters. The Labute approximate surface area is 217 Å². The van der Waals surface area contributed by atoms with Crippen LogP contribution in [0, 0.1) is 0 Å². The minimum Gasteiger partial charge on any atom is -0.332 e. The standard InChI is InChI=1S/C27H34N4O3S2/c32-36(33,34)31(21-7-2-1-3-8-21)25-20-30-17-14-28-26(30)27(24-11-5-4-10-23(24)25)12-15-29(16-13-27)19-22-9-6-18-35-22/h4-6,9-11,14,17-18,21,25H,1-3,7-8,12-13,15-16,19-20H2,(H,32,33,34). The molecule has 2 fully saturated rings. The van der Waals surface area contributed by atoms with Gasteiger partial charge in [0.15, 0.2) is 0 Å². The third-order valence-corrected chi connectivity index (χ3v) is 10.5. The van der Waals surface area contributed by atoms with Crippen LogP contribution in [0.5, 0.6) is 0 Å². The number of piperidine rings is 1. The minimum atomic E-state index is -4.40. The summed E-state index contributed by atoms with van der Waals surface area (Å²) in [5.74, 6) is 1.02. The smallest absolute Gasteiger partial charge is 0.332 e. The molecule has 1 aromatic carbocycles. The van der Waals surface area contributed by atoms with E-state index in [4.69, 9.17) is 4.98 Å². The zero-order valence-corrected chi connectivity index (χ0v) is 22.1. The van der Waals surface area contributed by atoms with Crippen molar-refractivity contribution < 1.29 is 13.0 Å². The molecule has 1 saturated heterocycles. The van der Waals surface area contributed by atoms with Gasteiger partial charge >= 0.3 is 10.3 Å². The second-order valence-corrected chi connectivity index (χ2v) is 12.9. The average molecular weight is 527 g/mol. The van der Waals surface area contributed by atoms with E-state index in [2.05, 4.69) is 45.2 Å². The number of fused-ring (bicyclic) bond motifs is 4. The summed E-state index contributed by atoms with van der Waals surface area (Å²) in [6, 6.07) is 12.0. The normalized spacial score (nSPS) is 22.9. The maximum Gasteiger partial charge on any atom is 0.336 e. The minimum absolute atomic E-state index is 0.180. The predicted octanol–water partition coefficient (Wildman–Crippen LogP) is 5.02. The summed E-state index contributed by atoms with van der Waals surface area (Å²) in [5.41, 5.74) is 1.90. The first-order valence-corrected chi connectivity index (χ1v) is 15.3. The van der Waals surface area contributed by atoms with Crippen molar-refractivity contribution in [2.24, 2.45) is 0 Å². The van der Waals surface area contributed by atoms with Crippen molar-refractivity contribution in [1.82, 2.24) is 18.8 Å². The molecule has 0 radical (unpaired) electrons. The van der Waals surface area contributed by atoms with Gasteiger partial charge in [-0.2, -0.15) is 12.7 Å². The molecule has 36 heavy (non-hydrogen) atoms. The Morgan fingerprint density at radius 1 is 1.08 bits per heavy atom. The average Bonchev–Trinajstić information content (AvgIpc) is 3.55. The lowest BCUT2D eigenvalue weighted by atomic mass is 9.70. The molecule has 1 aliphatic carbocycles. The van der Waals surface area contributed by atoms with Crippen LogP contribution >= 0.6 is 11.3 Å². The summed E-state index contributed by atoms with van der Waals surface area (Å²) < 4.78 is 39.9. The highest BCUT2D eigenvalue weighted by Gasteiger charge is 2.48. The molecule has 4 heterocycles. The molecule has 2 aliphatic heterocycles. The summed E-state index contributed by atoms with van der Waals surface area (Å²) in [6.45, 7) is 3.33. The van der Waals surface area contributed by atoms with E-state index >= 15 is 0 Å². The maximum atomic E-state index is 12.9. The highest BCUT2D eigenvalue weighted by Crippen LogP contribution is 2.48. The van der Waals surface area contributed by atoms with Crippen LogP contribution in [-0.4, -0.2) is 50.9 Å². The summed E-state index contributed by atoms with van der Waals surface area (Å²) in [5, 5.41) is 2.13. The van der Waals surface area contributed by atoms with Crippen molar-refractivity contribution in [2.45, 2.75) is 75.5 Å². The van der Waals surface area contributed by atoms with Crippen molar-refractivity contribution in [3.63, 3.8) is 0 Å². The van der Waals surface area contributed by atoms with Gasteiger partial charge in [0.05, 0.1) is 11.5 Å². The Balaban J connectivity index is 1.41. The molecular weight excluding hydrogens is 492 g/mol. The fourth-order valence-electron chi connectivity index (χ4n) is 6.87. The molecule has 0 bridgehead atoms. The number of rotatable bonds is 5. The van der Waals surface area contributed by atoms with Gasteiger partial charge in [0.2, 0.25) is 0 Å². The number of nitrogens with zero attached hydrogens (tertiary/aromatic N) is 4. The molecule has 1 spiro atoms. The number of imidazole rings is 1. The molecule has 1 N–H and O–H groups in total. The number of likely N-dealkylation sites (tertiary alicyclic amines) is 1. The van der Waals surface area contributed by atoms with Gasteiger partial charge in [0, 0.05) is 36.4 Å². The summed E-state index contributed by atoms with van der Waals surface area (Å²) >= 11 is 1.80. The maximum absolute atomic E-state index is 12.9. The predicted molar refractivity (Wildman–Crippen MR) is 141 cm³/mol. The van der Waals surface area contributed by atoms with Crippen LogP contribution in [0.15, 0.2) is 54.2 Å². The Morgan fingerprint density at radius 3 is 2.58 bits per heavy atom. The number of aromatic nitrogens is 2. The number of hydrogen-bond acceptors (Lipinski definition) is 5. The van der Waals surface area contributed by atoms with E-state index in [1.165, 1.54) is 14.7 Å². The number of benzene rings is 1. The highest BCUT2D eigenvalue weighted by molar-refractivity contribution is 7.83. The summed E-state index contributed by atoms with van der Waals surface area (Å²) in [4.78, 5) is 8.77. The highest BCUT2D eigenvalue weighted by atomic mass is 32.2. The largest absolute Gasteiger partial charge is 0.336 e. The second-order valence-electron chi connectivity index (χ2n) is 10.5. The van der Waals surface area contributed by atoms with E-state index < -0.39 is 16.3 Å². The lowest BCUT2D eigenvalue weighted by Crippen LogP contribution is -2.45. The fourth-order valence-corrected chi connectivity index (χ4v) is 8.70. The van der Waals surface area contributed by atoms with Crippen LogP contribution in [0.2, 0.25) is 0 Å². The van der Waals surface area contributed by atoms with Gasteiger partial charge in [-0.25, -0.2) is 4.98 Å². The zero-order chi connectivity index (χ0) is 24.8. The van der Waals surface area contributed by atoms with Crippen LogP contribution in [-0.2, 0) is 28.8 Å². The molecule has 6 rings (SSSR count). The molecular formula is C27H34N4O3S2. The molecule has 3 aromatic rings. The monoisotopic (exact) mass is 526 g/mol. The second kappa shape index (κ2) is 9.68. The molecule has 2 aromatic heterocycles. The van der Waals surface area contributed by atoms with E-state index in [9.17, 15) is 13.0 Å². The van der Waals surface area contributed by atoms with Crippen molar-refractivity contribution in [2.75, 3.05) is 13.1 Å². The fraction of sp³-hybridized carbons (Fsp3) is 0.519. The topological polar surface area (TPSA) is 78.7 Å². The van der Waals surface area contributed by atoms with Gasteiger partial charge in [-0.1, -0.05) is 49.6 Å². The first kappa shape index (κ1) is 24.3. The van der Waals surface area contributed by atoms with Crippen LogP contribution < -0.4 is 0 Å². The van der Waals surface area contributed by atoms with Gasteiger partial charge in [0.1, 0.15) is 5.82 Å². The van der Waals surface area contributed by atoms with Crippen LogP contribution in [0.1, 0.15) is 72.8 Å². The first-order chi connectivity index (χ1) is 17.5. The molecule has 3 aliphatic rings. The van der Waals surface area contributed by atoms with Crippen molar-refractivity contribution in [3.05, 3.63) is 76.0 Å². The van der Waals surface area contributed by atoms with Gasteiger partial charge < -0.3 is 4.57 Å². The quantitative estimate of drug-likeness (QED) is 0.473. The van der Waals surface area contributed by atoms with Crippen molar-refractivity contribution in [3.8, 4) is 0 Å². The van der Waals surface area contributed by atoms with E-state index in [1.807, 2.05) is 18.5 Å². The van der Waals surface area contributed by atoms with Crippen molar-refractivity contribution >= 4 is 21.6 Å². The van der Waals surface area contributed by atoms with Crippen LogP contribution in [0.4, 0.5) is 0 Å². The van der Waals surface area contributed by atoms with E-state index in [0.717, 1.165) is 76.0 Å². The Morgan fingerprint density at radius 2 is 1.86 bits per heavy atom. The Hall–Kier alpha value is -2.04. The molecule has 1 saturated carbocycles. The Bertz CT molecular complexity index is 1290. The molecule has 7 nitrogen and oxygen atoms in total. The Kier molecular flexibility index (Phi) is 6.54. The van der Waals surface area contributed by atoms with Gasteiger partial charge in [-0.05, 0) is 61.3 Å². The van der Waals surface area contributed by atoms with Crippen LogP contribution in [0.25, 0.3) is 0 Å². The summed E-state index contributed by atoms with van der Waals surface area (Å²) in [7, 11) is -4.40. The number of thiophene rings is 1. The van der Waals surface area contributed by atoms with E-state index in [-0.39, 0.29) is 11.5 Å². The third kappa shape index (κ3) is 4.35. The van der Waals surface area contributed by atoms with Gasteiger partial charge in [-0.15, -0.1) is 11.3 Å². The summed E-state index contributed by atoms with van der Waals surface area (Å²) in [6.07, 6.45) is 10.4. The molecule has 9 heteroatoms. The van der Waals surface area contributed by atoms with Crippen LogP contribution in [0.3, 0.4) is 0 Å². The molecule has 0 amide bonds. The molecule has 192 valence electrons. The SMILES string of the molecule is O=S(=O)(O)N(C1CCCCC1)C1Cn2ccnc2C2(CCN(Cc3cccs3)CC2)c2ccccc21. The third-order valence-electron chi connectivity index (χ3n) is 8.53. The molecule has 1 atom stereocenters.